The highest BCUT2D eigenvalue weighted by atomic mass is 16.4. The Morgan fingerprint density at radius 3 is 1.48 bits per heavy atom. The van der Waals surface area contributed by atoms with Crippen molar-refractivity contribution >= 4 is 54.3 Å². The molecular formula is C36H22O6. The SMILES string of the molecule is Oc1c(O)c(O)c(-c2c3ccccc3c(-c3cccc4oc5cc6ccccc6cc5c34)c3ccccc23)c(O)c1O. The Bertz CT molecular complexity index is 2330. The predicted molar refractivity (Wildman–Crippen MR) is 165 cm³/mol. The van der Waals surface area contributed by atoms with Crippen LogP contribution < -0.4 is 0 Å². The molecule has 6 nitrogen and oxygen atoms in total. The van der Waals surface area contributed by atoms with Gasteiger partial charge in [0, 0.05) is 16.3 Å². The first-order valence-electron chi connectivity index (χ1n) is 13.4. The molecule has 0 amide bonds. The van der Waals surface area contributed by atoms with Gasteiger partial charge in [-0.1, -0.05) is 84.9 Å². The van der Waals surface area contributed by atoms with Crippen molar-refractivity contribution in [2.75, 3.05) is 0 Å². The van der Waals surface area contributed by atoms with Gasteiger partial charge in [-0.15, -0.1) is 0 Å². The third-order valence-electron chi connectivity index (χ3n) is 8.19. The summed E-state index contributed by atoms with van der Waals surface area (Å²) in [6.07, 6.45) is 0. The molecule has 0 bridgehead atoms. The molecule has 0 spiro atoms. The Balaban J connectivity index is 1.56. The first kappa shape index (κ1) is 24.0. The van der Waals surface area contributed by atoms with E-state index in [9.17, 15) is 25.5 Å². The smallest absolute Gasteiger partial charge is 0.208 e. The Morgan fingerprint density at radius 1 is 0.381 bits per heavy atom. The number of phenols is 5. The van der Waals surface area contributed by atoms with Gasteiger partial charge >= 0.3 is 0 Å². The highest BCUT2D eigenvalue weighted by molar-refractivity contribution is 6.26. The van der Waals surface area contributed by atoms with Crippen LogP contribution in [-0.2, 0) is 0 Å². The van der Waals surface area contributed by atoms with E-state index in [0.29, 0.717) is 16.3 Å². The number of furan rings is 1. The largest absolute Gasteiger partial charge is 0.504 e. The number of hydrogen-bond donors (Lipinski definition) is 5. The monoisotopic (exact) mass is 550 g/mol. The standard InChI is InChI=1S/C36H22O6/c37-32-31(33(38)35(40)36(41)34(32)39)30-22-12-5-3-10-20(22)28(21-11-4-6-13-23(21)30)24-14-7-15-26-29(24)25-16-18-8-1-2-9-19(18)17-27(25)42-26/h1-17,37-41H. The number of benzene rings is 7. The summed E-state index contributed by atoms with van der Waals surface area (Å²) in [5, 5.41) is 59.9. The van der Waals surface area contributed by atoms with Gasteiger partial charge in [0.05, 0.1) is 5.56 Å². The molecular weight excluding hydrogens is 528 g/mol. The second kappa shape index (κ2) is 8.56. The third-order valence-corrected chi connectivity index (χ3v) is 8.19. The Kier molecular flexibility index (Phi) is 4.88. The van der Waals surface area contributed by atoms with Crippen molar-refractivity contribution in [1.82, 2.24) is 0 Å². The van der Waals surface area contributed by atoms with E-state index in [1.165, 1.54) is 0 Å². The molecule has 1 heterocycles. The Labute approximate surface area is 238 Å². The summed E-state index contributed by atoms with van der Waals surface area (Å²) in [5.41, 5.74) is 3.63. The minimum Gasteiger partial charge on any atom is -0.504 e. The van der Waals surface area contributed by atoms with Crippen LogP contribution in [0.15, 0.2) is 108 Å². The van der Waals surface area contributed by atoms with Gasteiger partial charge in [-0.25, -0.2) is 0 Å². The van der Waals surface area contributed by atoms with Gasteiger partial charge in [-0.05, 0) is 61.6 Å². The van der Waals surface area contributed by atoms with E-state index < -0.39 is 28.7 Å². The van der Waals surface area contributed by atoms with Crippen molar-refractivity contribution in [3.8, 4) is 51.0 Å². The van der Waals surface area contributed by atoms with E-state index >= 15 is 0 Å². The fraction of sp³-hybridized carbons (Fsp3) is 0. The molecule has 0 aliphatic rings. The molecule has 0 aliphatic carbocycles. The average molecular weight is 551 g/mol. The molecule has 0 aliphatic heterocycles. The fourth-order valence-electron chi connectivity index (χ4n) is 6.33. The van der Waals surface area contributed by atoms with Gasteiger partial charge in [-0.2, -0.15) is 0 Å². The highest BCUT2D eigenvalue weighted by Gasteiger charge is 2.28. The molecule has 0 saturated heterocycles. The molecule has 8 aromatic rings. The van der Waals surface area contributed by atoms with Crippen molar-refractivity contribution in [2.24, 2.45) is 0 Å². The molecule has 6 heteroatoms. The molecule has 0 saturated carbocycles. The van der Waals surface area contributed by atoms with E-state index in [0.717, 1.165) is 54.6 Å². The zero-order valence-electron chi connectivity index (χ0n) is 22.0. The van der Waals surface area contributed by atoms with Gasteiger partial charge in [-0.3, -0.25) is 0 Å². The van der Waals surface area contributed by atoms with E-state index in [4.69, 9.17) is 4.42 Å². The first-order valence-corrected chi connectivity index (χ1v) is 13.4. The lowest BCUT2D eigenvalue weighted by Gasteiger charge is -2.20. The summed E-state index contributed by atoms with van der Waals surface area (Å²) < 4.78 is 6.36. The predicted octanol–water partition coefficient (Wildman–Crippen LogP) is 8.91. The number of fused-ring (bicyclic) bond motifs is 6. The first-order chi connectivity index (χ1) is 20.4. The zero-order valence-corrected chi connectivity index (χ0v) is 22.0. The quantitative estimate of drug-likeness (QED) is 0.0834. The lowest BCUT2D eigenvalue weighted by molar-refractivity contribution is 0.330. The molecule has 42 heavy (non-hydrogen) atoms. The van der Waals surface area contributed by atoms with Crippen LogP contribution in [0.4, 0.5) is 0 Å². The van der Waals surface area contributed by atoms with Crippen molar-refractivity contribution in [3.63, 3.8) is 0 Å². The summed E-state index contributed by atoms with van der Waals surface area (Å²) in [5.74, 6) is -4.30. The lowest BCUT2D eigenvalue weighted by Crippen LogP contribution is -1.92. The Hall–Kier alpha value is -5.88. The van der Waals surface area contributed by atoms with Crippen molar-refractivity contribution in [3.05, 3.63) is 103 Å². The van der Waals surface area contributed by atoms with Crippen LogP contribution in [0.25, 0.3) is 76.5 Å². The highest BCUT2D eigenvalue weighted by Crippen LogP contribution is 2.58. The van der Waals surface area contributed by atoms with Gasteiger partial charge in [0.1, 0.15) is 11.2 Å². The molecule has 7 aromatic carbocycles. The zero-order chi connectivity index (χ0) is 28.7. The minimum absolute atomic E-state index is 0.180. The third kappa shape index (κ3) is 3.14. The van der Waals surface area contributed by atoms with Gasteiger partial charge in [0.2, 0.25) is 17.2 Å². The lowest BCUT2D eigenvalue weighted by atomic mass is 9.84. The van der Waals surface area contributed by atoms with Crippen molar-refractivity contribution < 1.29 is 29.9 Å². The van der Waals surface area contributed by atoms with Crippen LogP contribution in [0, 0.1) is 0 Å². The van der Waals surface area contributed by atoms with Gasteiger partial charge in [0.15, 0.2) is 11.5 Å². The maximum Gasteiger partial charge on any atom is 0.208 e. The maximum atomic E-state index is 11.0. The maximum absolute atomic E-state index is 11.0. The van der Waals surface area contributed by atoms with E-state index in [1.54, 1.807) is 0 Å². The van der Waals surface area contributed by atoms with E-state index in [2.05, 4.69) is 30.3 Å². The van der Waals surface area contributed by atoms with Crippen LogP contribution >= 0.6 is 0 Å². The minimum atomic E-state index is -0.995. The van der Waals surface area contributed by atoms with Crippen molar-refractivity contribution in [2.45, 2.75) is 0 Å². The second-order valence-electron chi connectivity index (χ2n) is 10.4. The molecule has 0 fully saturated rings. The van der Waals surface area contributed by atoms with Crippen LogP contribution in [0.1, 0.15) is 0 Å². The number of rotatable bonds is 2. The van der Waals surface area contributed by atoms with Crippen LogP contribution in [0.5, 0.6) is 28.7 Å². The summed E-state index contributed by atoms with van der Waals surface area (Å²) >= 11 is 0. The second-order valence-corrected chi connectivity index (χ2v) is 10.4. The fourth-order valence-corrected chi connectivity index (χ4v) is 6.33. The van der Waals surface area contributed by atoms with E-state index in [-0.39, 0.29) is 5.56 Å². The molecule has 202 valence electrons. The molecule has 1 aromatic heterocycles. The number of phenolic OH excluding ortho intramolecular Hbond substituents is 5. The topological polar surface area (TPSA) is 114 Å². The number of aromatic hydroxyl groups is 5. The molecule has 8 rings (SSSR count). The summed E-state index contributed by atoms with van der Waals surface area (Å²) in [4.78, 5) is 0. The van der Waals surface area contributed by atoms with Crippen LogP contribution in [-0.4, -0.2) is 25.5 Å². The van der Waals surface area contributed by atoms with Crippen molar-refractivity contribution in [1.29, 1.82) is 0 Å². The number of hydrogen-bond acceptors (Lipinski definition) is 6. The molecule has 5 N–H and O–H groups in total. The molecule has 0 unspecified atom stereocenters. The summed E-state index contributed by atoms with van der Waals surface area (Å²) in [6, 6.07) is 33.5. The van der Waals surface area contributed by atoms with E-state index in [1.807, 2.05) is 72.8 Å². The van der Waals surface area contributed by atoms with Gasteiger partial charge in [0.25, 0.3) is 0 Å². The normalized spacial score (nSPS) is 11.8. The molecule has 0 radical (unpaired) electrons. The van der Waals surface area contributed by atoms with Gasteiger partial charge < -0.3 is 29.9 Å². The Morgan fingerprint density at radius 2 is 0.881 bits per heavy atom. The molecule has 0 atom stereocenters. The van der Waals surface area contributed by atoms with Crippen LogP contribution in [0.2, 0.25) is 0 Å². The average Bonchev–Trinajstić information content (AvgIpc) is 3.39. The summed E-state index contributed by atoms with van der Waals surface area (Å²) in [7, 11) is 0. The summed E-state index contributed by atoms with van der Waals surface area (Å²) in [6.45, 7) is 0. The van der Waals surface area contributed by atoms with Crippen LogP contribution in [0.3, 0.4) is 0 Å².